The lowest BCUT2D eigenvalue weighted by molar-refractivity contribution is 0.100. The standard InChI is InChI=1S/C26H38N4O2S/c1-25(2)9-10-26(3,4)20-17-18(7-8-19(20)25)21-22(23(27)32)33-24(28-21)30-14-12-29(13-15-30)11-5-6-16-31/h7-8,17,31H,5-6,9-16H2,1-4H3,(H2,27,32). The molecule has 0 radical (unpaired) electrons. The van der Waals surface area contributed by atoms with Gasteiger partial charge >= 0.3 is 0 Å². The number of piperazine rings is 1. The number of nitrogens with two attached hydrogens (primary N) is 1. The molecule has 180 valence electrons. The van der Waals surface area contributed by atoms with Crippen molar-refractivity contribution in [3.05, 3.63) is 34.2 Å². The summed E-state index contributed by atoms with van der Waals surface area (Å²) >= 11 is 1.42. The number of aromatic nitrogens is 1. The second-order valence-electron chi connectivity index (χ2n) is 10.8. The maximum atomic E-state index is 12.4. The molecular formula is C26H38N4O2S. The van der Waals surface area contributed by atoms with E-state index in [2.05, 4.69) is 55.7 Å². The Bertz CT molecular complexity index is 1010. The van der Waals surface area contributed by atoms with Crippen molar-refractivity contribution >= 4 is 22.4 Å². The average Bonchev–Trinajstić information content (AvgIpc) is 3.23. The van der Waals surface area contributed by atoms with Crippen LogP contribution in [0.2, 0.25) is 0 Å². The topological polar surface area (TPSA) is 82.7 Å². The normalized spacial score (nSPS) is 20.0. The molecule has 1 aromatic heterocycles. The minimum Gasteiger partial charge on any atom is -0.396 e. The van der Waals surface area contributed by atoms with Crippen molar-refractivity contribution in [2.75, 3.05) is 44.2 Å². The van der Waals surface area contributed by atoms with Crippen molar-refractivity contribution in [2.24, 2.45) is 5.73 Å². The van der Waals surface area contributed by atoms with E-state index in [9.17, 15) is 4.79 Å². The van der Waals surface area contributed by atoms with Crippen LogP contribution in [-0.4, -0.2) is 60.2 Å². The lowest BCUT2D eigenvalue weighted by Gasteiger charge is -2.42. The molecule has 0 spiro atoms. The summed E-state index contributed by atoms with van der Waals surface area (Å²) < 4.78 is 0. The van der Waals surface area contributed by atoms with E-state index >= 15 is 0 Å². The summed E-state index contributed by atoms with van der Waals surface area (Å²) in [6.45, 7) is 14.2. The second kappa shape index (κ2) is 9.35. The molecule has 1 aliphatic carbocycles. The van der Waals surface area contributed by atoms with Crippen LogP contribution in [0.1, 0.15) is 74.2 Å². The molecule has 0 bridgehead atoms. The van der Waals surface area contributed by atoms with Gasteiger partial charge in [0.2, 0.25) is 0 Å². The number of primary amides is 1. The monoisotopic (exact) mass is 470 g/mol. The molecule has 1 aromatic carbocycles. The van der Waals surface area contributed by atoms with Gasteiger partial charge < -0.3 is 15.7 Å². The number of carbonyl (C=O) groups is 1. The Hall–Kier alpha value is -1.96. The number of anilines is 1. The number of nitrogens with zero attached hydrogens (tertiary/aromatic N) is 3. The van der Waals surface area contributed by atoms with Crippen LogP contribution in [-0.2, 0) is 10.8 Å². The van der Waals surface area contributed by atoms with Crippen molar-refractivity contribution in [3.63, 3.8) is 0 Å². The molecule has 2 heterocycles. The van der Waals surface area contributed by atoms with Crippen LogP contribution >= 0.6 is 11.3 Å². The highest BCUT2D eigenvalue weighted by atomic mass is 32.1. The highest BCUT2D eigenvalue weighted by Crippen LogP contribution is 2.47. The van der Waals surface area contributed by atoms with E-state index in [1.807, 2.05) is 0 Å². The molecule has 1 amide bonds. The van der Waals surface area contributed by atoms with Crippen molar-refractivity contribution in [2.45, 2.75) is 64.2 Å². The number of hydrogen-bond donors (Lipinski definition) is 2. The van der Waals surface area contributed by atoms with Crippen LogP contribution in [0.15, 0.2) is 18.2 Å². The predicted molar refractivity (Wildman–Crippen MR) is 136 cm³/mol. The number of hydrogen-bond acceptors (Lipinski definition) is 6. The average molecular weight is 471 g/mol. The van der Waals surface area contributed by atoms with E-state index in [0.29, 0.717) is 4.88 Å². The lowest BCUT2D eigenvalue weighted by atomic mass is 9.63. The van der Waals surface area contributed by atoms with E-state index in [1.54, 1.807) is 0 Å². The summed E-state index contributed by atoms with van der Waals surface area (Å²) in [6.07, 6.45) is 4.19. The van der Waals surface area contributed by atoms with Gasteiger partial charge in [-0.2, -0.15) is 0 Å². The first kappa shape index (κ1) is 24.2. The number of amides is 1. The molecule has 6 nitrogen and oxygen atoms in total. The highest BCUT2D eigenvalue weighted by Gasteiger charge is 2.37. The maximum absolute atomic E-state index is 12.4. The third kappa shape index (κ3) is 4.96. The van der Waals surface area contributed by atoms with E-state index in [1.165, 1.54) is 28.9 Å². The summed E-state index contributed by atoms with van der Waals surface area (Å²) in [5.41, 5.74) is 10.5. The fourth-order valence-corrected chi connectivity index (χ4v) is 6.14. The van der Waals surface area contributed by atoms with Crippen molar-refractivity contribution in [3.8, 4) is 11.3 Å². The molecule has 3 N–H and O–H groups in total. The number of carbonyl (C=O) groups excluding carboxylic acids is 1. The fraction of sp³-hybridized carbons (Fsp3) is 0.615. The van der Waals surface area contributed by atoms with Gasteiger partial charge in [-0.3, -0.25) is 9.69 Å². The van der Waals surface area contributed by atoms with Gasteiger partial charge in [0.15, 0.2) is 5.13 Å². The van der Waals surface area contributed by atoms with Crippen LogP contribution in [0, 0.1) is 0 Å². The maximum Gasteiger partial charge on any atom is 0.261 e. The molecule has 1 saturated heterocycles. The van der Waals surface area contributed by atoms with E-state index in [-0.39, 0.29) is 17.4 Å². The van der Waals surface area contributed by atoms with Gasteiger partial charge in [-0.05, 0) is 60.3 Å². The molecule has 1 fully saturated rings. The smallest absolute Gasteiger partial charge is 0.261 e. The quantitative estimate of drug-likeness (QED) is 0.594. The van der Waals surface area contributed by atoms with E-state index in [4.69, 9.17) is 15.8 Å². The van der Waals surface area contributed by atoms with Crippen molar-refractivity contribution < 1.29 is 9.90 Å². The third-order valence-electron chi connectivity index (χ3n) is 7.49. The molecular weight excluding hydrogens is 432 g/mol. The molecule has 33 heavy (non-hydrogen) atoms. The summed E-state index contributed by atoms with van der Waals surface area (Å²) in [4.78, 5) is 22.6. The molecule has 2 aromatic rings. The molecule has 2 aliphatic rings. The van der Waals surface area contributed by atoms with E-state index < -0.39 is 5.91 Å². The SMILES string of the molecule is CC1(C)CCC(C)(C)c2cc(-c3nc(N4CCN(CCCCO)CC4)sc3C(N)=O)ccc21. The van der Waals surface area contributed by atoms with Gasteiger partial charge in [-0.25, -0.2) is 4.98 Å². The van der Waals surface area contributed by atoms with E-state index in [0.717, 1.165) is 68.4 Å². The third-order valence-corrected chi connectivity index (χ3v) is 8.62. The Morgan fingerprint density at radius 3 is 2.36 bits per heavy atom. The lowest BCUT2D eigenvalue weighted by Crippen LogP contribution is -2.46. The van der Waals surface area contributed by atoms with Gasteiger partial charge in [0.05, 0.1) is 5.69 Å². The number of aliphatic hydroxyl groups is 1. The Labute approximate surface area is 201 Å². The number of fused-ring (bicyclic) bond motifs is 1. The fourth-order valence-electron chi connectivity index (χ4n) is 5.15. The number of aliphatic hydroxyl groups excluding tert-OH is 1. The van der Waals surface area contributed by atoms with Gasteiger partial charge in [0.25, 0.3) is 5.91 Å². The summed E-state index contributed by atoms with van der Waals surface area (Å²) in [7, 11) is 0. The molecule has 1 aliphatic heterocycles. The molecule has 0 unspecified atom stereocenters. The number of unbranched alkanes of at least 4 members (excludes halogenated alkanes) is 1. The van der Waals surface area contributed by atoms with Gasteiger partial charge in [0, 0.05) is 38.3 Å². The minimum absolute atomic E-state index is 0.0962. The summed E-state index contributed by atoms with van der Waals surface area (Å²) in [5.74, 6) is -0.409. The van der Waals surface area contributed by atoms with Gasteiger partial charge in [-0.15, -0.1) is 0 Å². The number of thiazole rings is 1. The largest absolute Gasteiger partial charge is 0.396 e. The molecule has 0 atom stereocenters. The molecule has 0 saturated carbocycles. The first-order valence-corrected chi connectivity index (χ1v) is 13.0. The summed E-state index contributed by atoms with van der Waals surface area (Å²) in [5, 5.41) is 9.88. The zero-order valence-electron chi connectivity index (χ0n) is 20.5. The number of benzene rings is 1. The Kier molecular flexibility index (Phi) is 6.85. The molecule has 7 heteroatoms. The second-order valence-corrected chi connectivity index (χ2v) is 11.8. The predicted octanol–water partition coefficient (Wildman–Crippen LogP) is 4.15. The van der Waals surface area contributed by atoms with Crippen LogP contribution in [0.3, 0.4) is 0 Å². The first-order valence-electron chi connectivity index (χ1n) is 12.2. The minimum atomic E-state index is -0.409. The number of rotatable bonds is 7. The van der Waals surface area contributed by atoms with Gasteiger partial charge in [-0.1, -0.05) is 51.2 Å². The Morgan fingerprint density at radius 1 is 1.06 bits per heavy atom. The van der Waals surface area contributed by atoms with Gasteiger partial charge in [0.1, 0.15) is 4.88 Å². The zero-order chi connectivity index (χ0) is 23.8. The van der Waals surface area contributed by atoms with Crippen molar-refractivity contribution in [1.82, 2.24) is 9.88 Å². The van der Waals surface area contributed by atoms with Crippen LogP contribution in [0.25, 0.3) is 11.3 Å². The summed E-state index contributed by atoms with van der Waals surface area (Å²) in [6, 6.07) is 6.60. The Morgan fingerprint density at radius 2 is 1.73 bits per heavy atom. The van der Waals surface area contributed by atoms with Crippen LogP contribution < -0.4 is 10.6 Å². The van der Waals surface area contributed by atoms with Crippen molar-refractivity contribution in [1.29, 1.82) is 0 Å². The zero-order valence-corrected chi connectivity index (χ0v) is 21.3. The Balaban J connectivity index is 1.60. The molecule has 4 rings (SSSR count). The first-order chi connectivity index (χ1) is 15.6. The van der Waals surface area contributed by atoms with Crippen LogP contribution in [0.4, 0.5) is 5.13 Å². The highest BCUT2D eigenvalue weighted by molar-refractivity contribution is 7.18. The van der Waals surface area contributed by atoms with Crippen LogP contribution in [0.5, 0.6) is 0 Å².